The highest BCUT2D eigenvalue weighted by Gasteiger charge is 2.35. The van der Waals surface area contributed by atoms with Crippen molar-refractivity contribution in [3.63, 3.8) is 0 Å². The highest BCUT2D eigenvalue weighted by molar-refractivity contribution is 5.78. The largest absolute Gasteiger partial charge is 0.411 e. The summed E-state index contributed by atoms with van der Waals surface area (Å²) < 4.78 is 39.5. The van der Waals surface area contributed by atoms with Crippen molar-refractivity contribution in [3.05, 3.63) is 0 Å². The molecule has 1 amide bonds. The number of carbonyl (C=O) groups is 1. The lowest BCUT2D eigenvalue weighted by atomic mass is 9.99. The van der Waals surface area contributed by atoms with E-state index in [0.29, 0.717) is 12.8 Å². The van der Waals surface area contributed by atoms with Gasteiger partial charge >= 0.3 is 6.18 Å². The van der Waals surface area contributed by atoms with Crippen LogP contribution in [-0.4, -0.2) is 42.5 Å². The lowest BCUT2D eigenvalue weighted by Gasteiger charge is -2.27. The van der Waals surface area contributed by atoms with Crippen molar-refractivity contribution in [2.75, 3.05) is 19.8 Å². The lowest BCUT2D eigenvalue weighted by molar-refractivity contribution is -0.176. The summed E-state index contributed by atoms with van der Waals surface area (Å²) in [5, 5.41) is 11.7. The number of nitrogens with one attached hydrogen (secondary N) is 1. The maximum absolute atomic E-state index is 11.8. The number of hydrogen-bond acceptors (Lipinski definition) is 3. The van der Waals surface area contributed by atoms with Crippen LogP contribution in [0, 0.1) is 0 Å². The molecule has 1 saturated carbocycles. The zero-order valence-corrected chi connectivity index (χ0v) is 9.35. The first-order chi connectivity index (χ1) is 7.87. The second-order valence-corrected chi connectivity index (χ2v) is 4.30. The summed E-state index contributed by atoms with van der Waals surface area (Å²) in [5.74, 6) is -0.620. The van der Waals surface area contributed by atoms with E-state index in [2.05, 4.69) is 10.1 Å². The Morgan fingerprint density at radius 3 is 2.41 bits per heavy atom. The summed E-state index contributed by atoms with van der Waals surface area (Å²) >= 11 is 0. The maximum Gasteiger partial charge on any atom is 0.411 e. The Kier molecular flexibility index (Phi) is 4.76. The summed E-state index contributed by atoms with van der Waals surface area (Å²) in [6.45, 7) is -2.27. The molecule has 4 nitrogen and oxygen atoms in total. The molecule has 0 aromatic rings. The zero-order valence-electron chi connectivity index (χ0n) is 9.35. The van der Waals surface area contributed by atoms with E-state index in [1.807, 2.05) is 0 Å². The molecule has 1 rings (SSSR count). The first kappa shape index (κ1) is 14.2. The van der Waals surface area contributed by atoms with Gasteiger partial charge in [-0.15, -0.1) is 0 Å². The molecule has 0 heterocycles. The van der Waals surface area contributed by atoms with Crippen molar-refractivity contribution in [3.8, 4) is 0 Å². The molecule has 0 aromatic carbocycles. The minimum atomic E-state index is -4.43. The molecular formula is C10H16F3NO3. The molecular weight excluding hydrogens is 239 g/mol. The van der Waals surface area contributed by atoms with Gasteiger partial charge in [0, 0.05) is 0 Å². The van der Waals surface area contributed by atoms with Crippen molar-refractivity contribution in [2.24, 2.45) is 0 Å². The van der Waals surface area contributed by atoms with Gasteiger partial charge in [-0.25, -0.2) is 0 Å². The molecule has 1 aliphatic rings. The van der Waals surface area contributed by atoms with E-state index in [4.69, 9.17) is 0 Å². The van der Waals surface area contributed by atoms with Crippen molar-refractivity contribution < 1.29 is 27.8 Å². The average Bonchev–Trinajstić information content (AvgIpc) is 2.65. The van der Waals surface area contributed by atoms with Crippen molar-refractivity contribution >= 4 is 5.91 Å². The van der Waals surface area contributed by atoms with Crippen LogP contribution in [0.1, 0.15) is 25.7 Å². The molecule has 2 N–H and O–H groups in total. The standard InChI is InChI=1S/C10H16F3NO3/c11-10(12,13)7-17-5-8(16)14-9(6-15)3-1-2-4-9/h15H,1-7H2,(H,14,16). The molecule has 100 valence electrons. The second kappa shape index (κ2) is 5.68. The number of amides is 1. The molecule has 7 heteroatoms. The molecule has 0 radical (unpaired) electrons. The summed E-state index contributed by atoms with van der Waals surface area (Å²) in [6.07, 6.45) is -1.35. The third kappa shape index (κ3) is 4.91. The molecule has 1 fully saturated rings. The molecule has 0 bridgehead atoms. The number of alkyl halides is 3. The second-order valence-electron chi connectivity index (χ2n) is 4.30. The molecule has 0 saturated heterocycles. The van der Waals surface area contributed by atoms with E-state index in [-0.39, 0.29) is 6.61 Å². The van der Waals surface area contributed by atoms with Gasteiger partial charge in [0.05, 0.1) is 12.1 Å². The first-order valence-electron chi connectivity index (χ1n) is 5.43. The monoisotopic (exact) mass is 255 g/mol. The Hall–Kier alpha value is -0.820. The van der Waals surface area contributed by atoms with Gasteiger partial charge in [0.15, 0.2) is 0 Å². The lowest BCUT2D eigenvalue weighted by Crippen LogP contribution is -2.50. The van der Waals surface area contributed by atoms with Crippen LogP contribution < -0.4 is 5.32 Å². The molecule has 0 aliphatic heterocycles. The summed E-state index contributed by atoms with van der Waals surface area (Å²) in [4.78, 5) is 11.3. The highest BCUT2D eigenvalue weighted by Crippen LogP contribution is 2.28. The van der Waals surface area contributed by atoms with Gasteiger partial charge in [0.25, 0.3) is 0 Å². The topological polar surface area (TPSA) is 58.6 Å². The number of aliphatic hydroxyl groups is 1. The molecule has 0 atom stereocenters. The molecule has 0 spiro atoms. The Labute approximate surface area is 97.1 Å². The number of hydrogen-bond donors (Lipinski definition) is 2. The third-order valence-electron chi connectivity index (χ3n) is 2.77. The van der Waals surface area contributed by atoms with Crippen LogP contribution in [0.2, 0.25) is 0 Å². The minimum Gasteiger partial charge on any atom is -0.394 e. The molecule has 0 aromatic heterocycles. The third-order valence-corrected chi connectivity index (χ3v) is 2.77. The number of rotatable bonds is 5. The Bertz CT molecular complexity index is 262. The van der Waals surface area contributed by atoms with Crippen molar-refractivity contribution in [2.45, 2.75) is 37.4 Å². The Balaban J connectivity index is 2.29. The van der Waals surface area contributed by atoms with Gasteiger partial charge in [-0.3, -0.25) is 4.79 Å². The fourth-order valence-corrected chi connectivity index (χ4v) is 1.97. The fraction of sp³-hybridized carbons (Fsp3) is 0.900. The van der Waals surface area contributed by atoms with Crippen LogP contribution >= 0.6 is 0 Å². The number of aliphatic hydroxyl groups excluding tert-OH is 1. The molecule has 0 unspecified atom stereocenters. The Morgan fingerprint density at radius 2 is 1.94 bits per heavy atom. The normalized spacial score (nSPS) is 19.3. The predicted octanol–water partition coefficient (Wildman–Crippen LogP) is 0.987. The summed E-state index contributed by atoms with van der Waals surface area (Å²) in [7, 11) is 0. The number of halogens is 3. The van der Waals surface area contributed by atoms with Crippen molar-refractivity contribution in [1.82, 2.24) is 5.32 Å². The van der Waals surface area contributed by atoms with Crippen LogP contribution in [0.15, 0.2) is 0 Å². The number of ether oxygens (including phenoxy) is 1. The average molecular weight is 255 g/mol. The van der Waals surface area contributed by atoms with E-state index in [1.165, 1.54) is 0 Å². The first-order valence-corrected chi connectivity index (χ1v) is 5.43. The van der Waals surface area contributed by atoms with Crippen LogP contribution in [0.25, 0.3) is 0 Å². The fourth-order valence-electron chi connectivity index (χ4n) is 1.97. The van der Waals surface area contributed by atoms with E-state index in [1.54, 1.807) is 0 Å². The van der Waals surface area contributed by atoms with Gasteiger partial charge in [-0.05, 0) is 12.8 Å². The van der Waals surface area contributed by atoms with Crippen LogP contribution in [-0.2, 0) is 9.53 Å². The molecule has 17 heavy (non-hydrogen) atoms. The SMILES string of the molecule is O=C(COCC(F)(F)F)NC1(CO)CCCC1. The minimum absolute atomic E-state index is 0.196. The van der Waals surface area contributed by atoms with Crippen LogP contribution in [0.4, 0.5) is 13.2 Å². The Morgan fingerprint density at radius 1 is 1.35 bits per heavy atom. The predicted molar refractivity (Wildman–Crippen MR) is 53.3 cm³/mol. The van der Waals surface area contributed by atoms with Crippen LogP contribution in [0.3, 0.4) is 0 Å². The number of carbonyl (C=O) groups excluding carboxylic acids is 1. The summed E-state index contributed by atoms with van der Waals surface area (Å²) in [6, 6.07) is 0. The highest BCUT2D eigenvalue weighted by atomic mass is 19.4. The maximum atomic E-state index is 11.8. The van der Waals surface area contributed by atoms with Gasteiger partial charge in [0.2, 0.25) is 5.91 Å². The van der Waals surface area contributed by atoms with Gasteiger partial charge in [-0.2, -0.15) is 13.2 Å². The zero-order chi connectivity index (χ0) is 12.9. The van der Waals surface area contributed by atoms with E-state index >= 15 is 0 Å². The van der Waals surface area contributed by atoms with Crippen molar-refractivity contribution in [1.29, 1.82) is 0 Å². The van der Waals surface area contributed by atoms with Gasteiger partial charge in [0.1, 0.15) is 13.2 Å². The molecule has 1 aliphatic carbocycles. The van der Waals surface area contributed by atoms with E-state index in [0.717, 1.165) is 12.8 Å². The van der Waals surface area contributed by atoms with E-state index < -0.39 is 30.8 Å². The van der Waals surface area contributed by atoms with Gasteiger partial charge in [-0.1, -0.05) is 12.8 Å². The van der Waals surface area contributed by atoms with Crippen LogP contribution in [0.5, 0.6) is 0 Å². The quantitative estimate of drug-likeness (QED) is 0.770. The van der Waals surface area contributed by atoms with Gasteiger partial charge < -0.3 is 15.2 Å². The van der Waals surface area contributed by atoms with E-state index in [9.17, 15) is 23.1 Å². The summed E-state index contributed by atoms with van der Waals surface area (Å²) in [5.41, 5.74) is -0.668. The smallest absolute Gasteiger partial charge is 0.394 e.